The molecule has 0 bridgehead atoms. The van der Waals surface area contributed by atoms with Gasteiger partial charge in [0.2, 0.25) is 0 Å². The van der Waals surface area contributed by atoms with E-state index in [1.54, 1.807) is 17.4 Å². The zero-order valence-electron chi connectivity index (χ0n) is 6.27. The number of anilines is 1. The fourth-order valence-electron chi connectivity index (χ4n) is 0.940. The first kappa shape index (κ1) is 7.24. The Morgan fingerprint density at radius 2 is 2.25 bits per heavy atom. The predicted molar refractivity (Wildman–Crippen MR) is 49.8 cm³/mol. The van der Waals surface area contributed by atoms with Crippen LogP contribution in [0.5, 0.6) is 0 Å². The SMILES string of the molecule is Nc1cc(-c2ccsc2)ncn1. The van der Waals surface area contributed by atoms with Crippen LogP contribution in [-0.2, 0) is 0 Å². The van der Waals surface area contributed by atoms with Gasteiger partial charge in [0.15, 0.2) is 0 Å². The quantitative estimate of drug-likeness (QED) is 0.722. The third-order valence-electron chi connectivity index (χ3n) is 1.51. The zero-order chi connectivity index (χ0) is 8.39. The van der Waals surface area contributed by atoms with Crippen molar-refractivity contribution in [2.75, 3.05) is 5.73 Å². The number of rotatable bonds is 1. The van der Waals surface area contributed by atoms with E-state index in [2.05, 4.69) is 9.97 Å². The molecule has 0 unspecified atom stereocenters. The van der Waals surface area contributed by atoms with Crippen molar-refractivity contribution >= 4 is 17.2 Å². The van der Waals surface area contributed by atoms with E-state index in [-0.39, 0.29) is 0 Å². The van der Waals surface area contributed by atoms with E-state index in [1.807, 2.05) is 16.8 Å². The first-order valence-electron chi connectivity index (χ1n) is 3.46. The second-order valence-corrected chi connectivity index (χ2v) is 3.12. The number of nitrogens with zero attached hydrogens (tertiary/aromatic N) is 2. The molecule has 0 amide bonds. The number of aromatic nitrogens is 2. The second-order valence-electron chi connectivity index (χ2n) is 2.34. The Kier molecular flexibility index (Phi) is 1.75. The molecule has 0 saturated carbocycles. The normalized spacial score (nSPS) is 10.0. The van der Waals surface area contributed by atoms with Crippen molar-refractivity contribution in [1.82, 2.24) is 9.97 Å². The summed E-state index contributed by atoms with van der Waals surface area (Å²) in [6.07, 6.45) is 1.47. The minimum absolute atomic E-state index is 0.506. The Morgan fingerprint density at radius 3 is 2.92 bits per heavy atom. The Hall–Kier alpha value is -1.42. The highest BCUT2D eigenvalue weighted by molar-refractivity contribution is 7.08. The molecule has 4 heteroatoms. The average Bonchev–Trinajstić information content (AvgIpc) is 2.56. The minimum Gasteiger partial charge on any atom is -0.384 e. The van der Waals surface area contributed by atoms with Crippen LogP contribution >= 0.6 is 11.3 Å². The maximum atomic E-state index is 5.52. The van der Waals surface area contributed by atoms with Gasteiger partial charge in [-0.25, -0.2) is 9.97 Å². The van der Waals surface area contributed by atoms with E-state index in [4.69, 9.17) is 5.73 Å². The topological polar surface area (TPSA) is 51.8 Å². The molecule has 0 saturated heterocycles. The molecule has 0 aliphatic carbocycles. The van der Waals surface area contributed by atoms with Crippen LogP contribution in [-0.4, -0.2) is 9.97 Å². The first-order chi connectivity index (χ1) is 5.86. The van der Waals surface area contributed by atoms with Crippen molar-refractivity contribution in [3.05, 3.63) is 29.2 Å². The second kappa shape index (κ2) is 2.91. The van der Waals surface area contributed by atoms with Gasteiger partial charge in [0, 0.05) is 17.0 Å². The van der Waals surface area contributed by atoms with E-state index in [9.17, 15) is 0 Å². The van der Waals surface area contributed by atoms with Gasteiger partial charge in [0.25, 0.3) is 0 Å². The highest BCUT2D eigenvalue weighted by Crippen LogP contribution is 2.19. The first-order valence-corrected chi connectivity index (χ1v) is 4.40. The smallest absolute Gasteiger partial charge is 0.127 e. The Balaban J connectivity index is 2.48. The summed E-state index contributed by atoms with van der Waals surface area (Å²) >= 11 is 1.64. The fraction of sp³-hybridized carbons (Fsp3) is 0. The van der Waals surface area contributed by atoms with Crippen LogP contribution in [0, 0.1) is 0 Å². The van der Waals surface area contributed by atoms with Gasteiger partial charge in [-0.2, -0.15) is 11.3 Å². The van der Waals surface area contributed by atoms with Crippen molar-refractivity contribution in [2.45, 2.75) is 0 Å². The largest absolute Gasteiger partial charge is 0.384 e. The fourth-order valence-corrected chi connectivity index (χ4v) is 1.59. The van der Waals surface area contributed by atoms with E-state index < -0.39 is 0 Å². The van der Waals surface area contributed by atoms with Gasteiger partial charge >= 0.3 is 0 Å². The van der Waals surface area contributed by atoms with Gasteiger partial charge in [-0.15, -0.1) is 0 Å². The Morgan fingerprint density at radius 1 is 1.33 bits per heavy atom. The molecule has 2 rings (SSSR count). The summed E-state index contributed by atoms with van der Waals surface area (Å²) in [5.74, 6) is 0.506. The summed E-state index contributed by atoms with van der Waals surface area (Å²) in [7, 11) is 0. The standard InChI is InChI=1S/C8H7N3S/c9-8-3-7(10-5-11-8)6-1-2-12-4-6/h1-5H,(H2,9,10,11). The average molecular weight is 177 g/mol. The van der Waals surface area contributed by atoms with Crippen LogP contribution in [0.4, 0.5) is 5.82 Å². The highest BCUT2D eigenvalue weighted by atomic mass is 32.1. The maximum Gasteiger partial charge on any atom is 0.127 e. The van der Waals surface area contributed by atoms with Crippen LogP contribution in [0.3, 0.4) is 0 Å². The lowest BCUT2D eigenvalue weighted by atomic mass is 10.2. The van der Waals surface area contributed by atoms with Crippen LogP contribution in [0.15, 0.2) is 29.2 Å². The monoisotopic (exact) mass is 177 g/mol. The molecule has 0 aliphatic heterocycles. The molecule has 2 heterocycles. The Bertz CT molecular complexity index is 370. The third-order valence-corrected chi connectivity index (χ3v) is 2.19. The Labute approximate surface area is 73.9 Å². The molecule has 2 aromatic rings. The molecule has 0 radical (unpaired) electrons. The van der Waals surface area contributed by atoms with E-state index in [1.165, 1.54) is 6.33 Å². The lowest BCUT2D eigenvalue weighted by Crippen LogP contribution is -1.91. The molecule has 2 N–H and O–H groups in total. The molecule has 0 aromatic carbocycles. The summed E-state index contributed by atoms with van der Waals surface area (Å²) in [6.45, 7) is 0. The summed E-state index contributed by atoms with van der Waals surface area (Å²) in [6, 6.07) is 3.77. The van der Waals surface area contributed by atoms with E-state index in [0.29, 0.717) is 5.82 Å². The van der Waals surface area contributed by atoms with Gasteiger partial charge in [0.1, 0.15) is 12.1 Å². The molecule has 60 valence electrons. The van der Waals surface area contributed by atoms with Crippen LogP contribution < -0.4 is 5.73 Å². The lowest BCUT2D eigenvalue weighted by molar-refractivity contribution is 1.18. The van der Waals surface area contributed by atoms with Crippen molar-refractivity contribution < 1.29 is 0 Å². The lowest BCUT2D eigenvalue weighted by Gasteiger charge is -1.95. The molecular weight excluding hydrogens is 170 g/mol. The number of nitrogens with two attached hydrogens (primary N) is 1. The van der Waals surface area contributed by atoms with Gasteiger partial charge in [-0.3, -0.25) is 0 Å². The number of nitrogen functional groups attached to an aromatic ring is 1. The maximum absolute atomic E-state index is 5.52. The molecule has 2 aromatic heterocycles. The van der Waals surface area contributed by atoms with Crippen LogP contribution in [0.25, 0.3) is 11.3 Å². The summed E-state index contributed by atoms with van der Waals surface area (Å²) < 4.78 is 0. The highest BCUT2D eigenvalue weighted by Gasteiger charge is 1.98. The molecule has 12 heavy (non-hydrogen) atoms. The number of hydrogen-bond acceptors (Lipinski definition) is 4. The van der Waals surface area contributed by atoms with Gasteiger partial charge in [0.05, 0.1) is 5.69 Å². The van der Waals surface area contributed by atoms with Crippen molar-refractivity contribution in [3.63, 3.8) is 0 Å². The summed E-state index contributed by atoms with van der Waals surface area (Å²) in [5, 5.41) is 4.04. The minimum atomic E-state index is 0.506. The van der Waals surface area contributed by atoms with Gasteiger partial charge in [-0.05, 0) is 11.4 Å². The van der Waals surface area contributed by atoms with Crippen molar-refractivity contribution in [2.24, 2.45) is 0 Å². The summed E-state index contributed by atoms with van der Waals surface area (Å²) in [4.78, 5) is 7.92. The number of hydrogen-bond donors (Lipinski definition) is 1. The van der Waals surface area contributed by atoms with E-state index >= 15 is 0 Å². The molecule has 0 atom stereocenters. The third kappa shape index (κ3) is 1.29. The molecule has 0 aliphatic rings. The molecule has 0 spiro atoms. The van der Waals surface area contributed by atoms with Crippen LogP contribution in [0.2, 0.25) is 0 Å². The molecular formula is C8H7N3S. The van der Waals surface area contributed by atoms with Gasteiger partial charge < -0.3 is 5.73 Å². The summed E-state index contributed by atoms with van der Waals surface area (Å²) in [5.41, 5.74) is 7.49. The van der Waals surface area contributed by atoms with Crippen LogP contribution in [0.1, 0.15) is 0 Å². The van der Waals surface area contributed by atoms with Crippen molar-refractivity contribution in [3.8, 4) is 11.3 Å². The van der Waals surface area contributed by atoms with Gasteiger partial charge in [-0.1, -0.05) is 0 Å². The predicted octanol–water partition coefficient (Wildman–Crippen LogP) is 1.79. The zero-order valence-corrected chi connectivity index (χ0v) is 7.08. The molecule has 0 fully saturated rings. The van der Waals surface area contributed by atoms with E-state index in [0.717, 1.165) is 11.3 Å². The molecule has 3 nitrogen and oxygen atoms in total. The number of thiophene rings is 1. The van der Waals surface area contributed by atoms with Crippen molar-refractivity contribution in [1.29, 1.82) is 0 Å².